The van der Waals surface area contributed by atoms with E-state index in [4.69, 9.17) is 9.72 Å². The van der Waals surface area contributed by atoms with Gasteiger partial charge >= 0.3 is 0 Å². The molecule has 1 aromatic carbocycles. The molecule has 2 aliphatic rings. The maximum atomic E-state index is 13.4. The van der Waals surface area contributed by atoms with E-state index in [1.165, 1.54) is 22.4 Å². The summed E-state index contributed by atoms with van der Waals surface area (Å²) in [6.45, 7) is 13.0. The molecule has 32 heavy (non-hydrogen) atoms. The number of hydrogen-bond acceptors (Lipinski definition) is 4. The van der Waals surface area contributed by atoms with Crippen LogP contribution in [0.1, 0.15) is 32.9 Å². The zero-order valence-electron chi connectivity index (χ0n) is 18.9. The van der Waals surface area contributed by atoms with Crippen LogP contribution < -0.4 is 4.90 Å². The molecule has 4 heterocycles. The lowest BCUT2D eigenvalue weighted by atomic mass is 10.00. The van der Waals surface area contributed by atoms with Gasteiger partial charge in [0, 0.05) is 43.8 Å². The number of rotatable bonds is 4. The van der Waals surface area contributed by atoms with E-state index >= 15 is 0 Å². The Kier molecular flexibility index (Phi) is 5.47. The van der Waals surface area contributed by atoms with Gasteiger partial charge in [0.2, 0.25) is 0 Å². The van der Waals surface area contributed by atoms with Gasteiger partial charge in [-0.25, -0.2) is 4.98 Å². The fraction of sp³-hybridized carbons (Fsp3) is 0.385. The van der Waals surface area contributed by atoms with Crippen molar-refractivity contribution in [2.45, 2.75) is 33.4 Å². The van der Waals surface area contributed by atoms with Crippen LogP contribution in [0.5, 0.6) is 0 Å². The standard InChI is InChI=1S/C26H30N4O2/c1-4-10-30-19(3)18(2)22-16-23(26(31)28-12-14-32-15-13-28)27-25(24(22)30)29-11-9-20-7-5-6-8-21(20)17-29/h4-8,16H,1,9-15,17H2,2-3H3. The van der Waals surface area contributed by atoms with Crippen molar-refractivity contribution in [2.24, 2.45) is 0 Å². The van der Waals surface area contributed by atoms with Gasteiger partial charge in [-0.1, -0.05) is 30.3 Å². The van der Waals surface area contributed by atoms with Crippen LogP contribution in [-0.4, -0.2) is 53.2 Å². The molecule has 0 aliphatic carbocycles. The predicted molar refractivity (Wildman–Crippen MR) is 127 cm³/mol. The van der Waals surface area contributed by atoms with Gasteiger partial charge < -0.3 is 19.1 Å². The monoisotopic (exact) mass is 430 g/mol. The van der Waals surface area contributed by atoms with Crippen LogP contribution in [0.3, 0.4) is 0 Å². The van der Waals surface area contributed by atoms with E-state index in [-0.39, 0.29) is 5.91 Å². The summed E-state index contributed by atoms with van der Waals surface area (Å²) >= 11 is 0. The Labute approximate surface area is 189 Å². The number of carbonyl (C=O) groups is 1. The first-order chi connectivity index (χ1) is 15.6. The predicted octanol–water partition coefficient (Wildman–Crippen LogP) is 3.87. The van der Waals surface area contributed by atoms with E-state index in [0.717, 1.165) is 36.2 Å². The Morgan fingerprint density at radius 3 is 2.66 bits per heavy atom. The number of aromatic nitrogens is 2. The van der Waals surface area contributed by atoms with Gasteiger partial charge in [0.15, 0.2) is 5.82 Å². The molecule has 2 aliphatic heterocycles. The molecule has 5 rings (SSSR count). The first-order valence-electron chi connectivity index (χ1n) is 11.4. The average molecular weight is 431 g/mol. The SMILES string of the molecule is C=CCn1c(C)c(C)c2cc(C(=O)N3CCOCC3)nc(N3CCc4ccccc4C3)c21. The van der Waals surface area contributed by atoms with Crippen molar-refractivity contribution in [1.29, 1.82) is 0 Å². The molecule has 3 aromatic rings. The lowest BCUT2D eigenvalue weighted by Crippen LogP contribution is -2.41. The highest BCUT2D eigenvalue weighted by molar-refractivity contribution is 6.01. The number of morpholine rings is 1. The number of benzene rings is 1. The summed E-state index contributed by atoms with van der Waals surface area (Å²) in [5.74, 6) is 0.883. The van der Waals surface area contributed by atoms with Crippen LogP contribution in [0, 0.1) is 13.8 Å². The molecule has 0 bridgehead atoms. The number of fused-ring (bicyclic) bond motifs is 2. The van der Waals surface area contributed by atoms with E-state index in [2.05, 4.69) is 54.2 Å². The maximum absolute atomic E-state index is 13.4. The summed E-state index contributed by atoms with van der Waals surface area (Å²) in [5, 5.41) is 1.10. The Hall–Kier alpha value is -3.12. The van der Waals surface area contributed by atoms with Crippen molar-refractivity contribution in [2.75, 3.05) is 37.7 Å². The molecule has 0 N–H and O–H groups in total. The number of amides is 1. The second-order valence-electron chi connectivity index (χ2n) is 8.68. The van der Waals surface area contributed by atoms with Crippen molar-refractivity contribution >= 4 is 22.6 Å². The lowest BCUT2D eigenvalue weighted by molar-refractivity contribution is 0.0299. The van der Waals surface area contributed by atoms with Crippen LogP contribution >= 0.6 is 0 Å². The average Bonchev–Trinajstić information content (AvgIpc) is 3.08. The number of aryl methyl sites for hydroxylation is 1. The van der Waals surface area contributed by atoms with E-state index in [9.17, 15) is 4.79 Å². The number of anilines is 1. The molecule has 6 nitrogen and oxygen atoms in total. The molecular weight excluding hydrogens is 400 g/mol. The van der Waals surface area contributed by atoms with Crippen LogP contribution in [0.25, 0.3) is 10.9 Å². The highest BCUT2D eigenvalue weighted by Gasteiger charge is 2.27. The summed E-state index contributed by atoms with van der Waals surface area (Å²) in [6, 6.07) is 10.6. The highest BCUT2D eigenvalue weighted by Crippen LogP contribution is 2.35. The number of pyridine rings is 1. The van der Waals surface area contributed by atoms with E-state index < -0.39 is 0 Å². The maximum Gasteiger partial charge on any atom is 0.272 e. The largest absolute Gasteiger partial charge is 0.378 e. The third-order valence-electron chi connectivity index (χ3n) is 6.86. The first kappa shape index (κ1) is 20.8. The fourth-order valence-electron chi connectivity index (χ4n) is 4.93. The van der Waals surface area contributed by atoms with Crippen LogP contribution in [0.2, 0.25) is 0 Å². The molecule has 0 spiro atoms. The summed E-state index contributed by atoms with van der Waals surface area (Å²) < 4.78 is 7.72. The zero-order valence-corrected chi connectivity index (χ0v) is 18.9. The van der Waals surface area contributed by atoms with Gasteiger partial charge in [0.05, 0.1) is 18.7 Å². The molecule has 1 saturated heterocycles. The molecule has 0 saturated carbocycles. The molecule has 2 aromatic heterocycles. The number of hydrogen-bond donors (Lipinski definition) is 0. The van der Waals surface area contributed by atoms with Crippen molar-refractivity contribution in [3.05, 3.63) is 71.1 Å². The van der Waals surface area contributed by atoms with Gasteiger partial charge in [0.25, 0.3) is 5.91 Å². The summed E-state index contributed by atoms with van der Waals surface area (Å²) in [6.07, 6.45) is 2.90. The molecule has 166 valence electrons. The smallest absolute Gasteiger partial charge is 0.272 e. The number of nitrogens with zero attached hydrogens (tertiary/aromatic N) is 4. The second-order valence-corrected chi connectivity index (χ2v) is 8.68. The van der Waals surface area contributed by atoms with E-state index in [0.29, 0.717) is 38.5 Å². The topological polar surface area (TPSA) is 50.6 Å². The minimum Gasteiger partial charge on any atom is -0.378 e. The summed E-state index contributed by atoms with van der Waals surface area (Å²) in [5.41, 5.74) is 6.73. The van der Waals surface area contributed by atoms with Crippen molar-refractivity contribution in [1.82, 2.24) is 14.5 Å². The van der Waals surface area contributed by atoms with Crippen LogP contribution in [0.15, 0.2) is 43.0 Å². The molecule has 0 atom stereocenters. The van der Waals surface area contributed by atoms with Gasteiger partial charge in [-0.15, -0.1) is 6.58 Å². The minimum atomic E-state index is -0.0117. The number of ether oxygens (including phenoxy) is 1. The van der Waals surface area contributed by atoms with Crippen LogP contribution in [-0.2, 0) is 24.2 Å². The normalized spacial score (nSPS) is 16.3. The molecule has 1 fully saturated rings. The van der Waals surface area contributed by atoms with Gasteiger partial charge in [-0.05, 0) is 43.0 Å². The minimum absolute atomic E-state index is 0.0117. The Balaban J connectivity index is 1.66. The Morgan fingerprint density at radius 2 is 1.91 bits per heavy atom. The highest BCUT2D eigenvalue weighted by atomic mass is 16.5. The Bertz CT molecular complexity index is 1190. The quantitative estimate of drug-likeness (QED) is 0.590. The summed E-state index contributed by atoms with van der Waals surface area (Å²) in [4.78, 5) is 22.6. The third kappa shape index (κ3) is 3.48. The molecule has 6 heteroatoms. The zero-order chi connectivity index (χ0) is 22.2. The first-order valence-corrected chi connectivity index (χ1v) is 11.4. The molecular formula is C26H30N4O2. The van der Waals surface area contributed by atoms with Gasteiger partial charge in [-0.2, -0.15) is 0 Å². The van der Waals surface area contributed by atoms with Crippen LogP contribution in [0.4, 0.5) is 5.82 Å². The van der Waals surface area contributed by atoms with Gasteiger partial charge in [-0.3, -0.25) is 4.79 Å². The molecule has 0 unspecified atom stereocenters. The van der Waals surface area contributed by atoms with Crippen molar-refractivity contribution in [3.8, 4) is 0 Å². The van der Waals surface area contributed by atoms with Crippen molar-refractivity contribution in [3.63, 3.8) is 0 Å². The van der Waals surface area contributed by atoms with Gasteiger partial charge in [0.1, 0.15) is 5.69 Å². The van der Waals surface area contributed by atoms with E-state index in [1.54, 1.807) is 0 Å². The Morgan fingerprint density at radius 1 is 1.16 bits per heavy atom. The third-order valence-corrected chi connectivity index (χ3v) is 6.86. The second kappa shape index (κ2) is 8.43. The van der Waals surface area contributed by atoms with E-state index in [1.807, 2.05) is 17.0 Å². The molecule has 1 amide bonds. The fourth-order valence-corrected chi connectivity index (χ4v) is 4.93. The summed E-state index contributed by atoms with van der Waals surface area (Å²) in [7, 11) is 0. The lowest BCUT2D eigenvalue weighted by Gasteiger charge is -2.31. The molecule has 0 radical (unpaired) electrons. The number of allylic oxidation sites excluding steroid dienone is 1. The van der Waals surface area contributed by atoms with Crippen molar-refractivity contribution < 1.29 is 9.53 Å². The number of carbonyl (C=O) groups excluding carboxylic acids is 1.